The van der Waals surface area contributed by atoms with Crippen LogP contribution in [0, 0.1) is 5.82 Å². The molecule has 0 amide bonds. The molecular weight excluding hydrogens is 283 g/mol. The topological polar surface area (TPSA) is 9.23 Å². The molecule has 19 heavy (non-hydrogen) atoms. The van der Waals surface area contributed by atoms with Crippen molar-refractivity contribution in [1.82, 2.24) is 0 Å². The van der Waals surface area contributed by atoms with Crippen LogP contribution in [-0.4, -0.2) is 11.9 Å². The van der Waals surface area contributed by atoms with E-state index in [0.29, 0.717) is 17.6 Å². The Morgan fingerprint density at radius 1 is 1.26 bits per heavy atom. The van der Waals surface area contributed by atoms with E-state index in [2.05, 4.69) is 24.3 Å². The molecule has 1 aliphatic rings. The monoisotopic (exact) mass is 294 g/mol. The standard InChI is InChI=1S/C15H12ClFOS/c16-13-8-11(5-6-14(13)17)18-9-12-7-10-3-1-2-4-15(10)19-12/h1-6,8,12H,7,9H2. The zero-order valence-corrected chi connectivity index (χ0v) is 11.7. The Labute approximate surface area is 120 Å². The zero-order valence-electron chi connectivity index (χ0n) is 10.1. The molecule has 2 aromatic carbocycles. The van der Waals surface area contributed by atoms with Gasteiger partial charge in [-0.25, -0.2) is 4.39 Å². The van der Waals surface area contributed by atoms with Gasteiger partial charge in [0.2, 0.25) is 0 Å². The zero-order chi connectivity index (χ0) is 13.2. The summed E-state index contributed by atoms with van der Waals surface area (Å²) in [6.45, 7) is 0.599. The van der Waals surface area contributed by atoms with Gasteiger partial charge in [-0.2, -0.15) is 0 Å². The van der Waals surface area contributed by atoms with Crippen LogP contribution in [0.15, 0.2) is 47.4 Å². The first-order valence-electron chi connectivity index (χ1n) is 6.05. The third-order valence-corrected chi connectivity index (χ3v) is 4.62. The molecule has 2 aromatic rings. The minimum absolute atomic E-state index is 0.0971. The maximum Gasteiger partial charge on any atom is 0.142 e. The molecule has 4 heteroatoms. The molecular formula is C15H12ClFOS. The maximum absolute atomic E-state index is 13.0. The Bertz CT molecular complexity index is 577. The molecule has 0 saturated carbocycles. The SMILES string of the molecule is Fc1ccc(OCC2Cc3ccccc3S2)cc1Cl. The van der Waals surface area contributed by atoms with Crippen molar-refractivity contribution in [2.75, 3.05) is 6.61 Å². The number of thioether (sulfide) groups is 1. The maximum atomic E-state index is 13.0. The van der Waals surface area contributed by atoms with Gasteiger partial charge in [0, 0.05) is 16.2 Å². The Morgan fingerprint density at radius 3 is 2.89 bits per heavy atom. The van der Waals surface area contributed by atoms with Crippen LogP contribution in [0.1, 0.15) is 5.56 Å². The number of fused-ring (bicyclic) bond motifs is 1. The molecule has 98 valence electrons. The van der Waals surface area contributed by atoms with Crippen molar-refractivity contribution in [2.24, 2.45) is 0 Å². The minimum Gasteiger partial charge on any atom is -0.492 e. The minimum atomic E-state index is -0.420. The fraction of sp³-hybridized carbons (Fsp3) is 0.200. The van der Waals surface area contributed by atoms with E-state index in [4.69, 9.17) is 16.3 Å². The fourth-order valence-electron chi connectivity index (χ4n) is 2.10. The molecule has 0 saturated heterocycles. The average molecular weight is 295 g/mol. The molecule has 0 aromatic heterocycles. The predicted molar refractivity (Wildman–Crippen MR) is 76.7 cm³/mol. The normalized spacial score (nSPS) is 17.3. The molecule has 1 unspecified atom stereocenters. The summed E-state index contributed by atoms with van der Waals surface area (Å²) in [6, 6.07) is 12.8. The summed E-state index contributed by atoms with van der Waals surface area (Å²) in [5, 5.41) is 0.501. The van der Waals surface area contributed by atoms with Gasteiger partial charge in [-0.15, -0.1) is 11.8 Å². The summed E-state index contributed by atoms with van der Waals surface area (Å²) in [6.07, 6.45) is 1.01. The van der Waals surface area contributed by atoms with Gasteiger partial charge in [-0.3, -0.25) is 0 Å². The molecule has 1 nitrogen and oxygen atoms in total. The Balaban J connectivity index is 1.61. The summed E-state index contributed by atoms with van der Waals surface area (Å²) in [7, 11) is 0. The van der Waals surface area contributed by atoms with Gasteiger partial charge < -0.3 is 4.74 Å². The molecule has 0 N–H and O–H groups in total. The molecule has 0 bridgehead atoms. The van der Waals surface area contributed by atoms with E-state index in [1.807, 2.05) is 11.8 Å². The Kier molecular flexibility index (Phi) is 3.67. The lowest BCUT2D eigenvalue weighted by Gasteiger charge is -2.11. The summed E-state index contributed by atoms with van der Waals surface area (Å²) < 4.78 is 18.7. The summed E-state index contributed by atoms with van der Waals surface area (Å²) in [4.78, 5) is 1.33. The molecule has 3 rings (SSSR count). The van der Waals surface area contributed by atoms with Gasteiger partial charge in [0.05, 0.1) is 5.02 Å². The summed E-state index contributed by atoms with van der Waals surface area (Å²) in [5.74, 6) is 0.194. The Hall–Kier alpha value is -1.19. The van der Waals surface area contributed by atoms with E-state index < -0.39 is 5.82 Å². The molecule has 1 heterocycles. The van der Waals surface area contributed by atoms with Crippen molar-refractivity contribution in [1.29, 1.82) is 0 Å². The van der Waals surface area contributed by atoms with Crippen molar-refractivity contribution in [2.45, 2.75) is 16.6 Å². The second kappa shape index (κ2) is 5.43. The van der Waals surface area contributed by atoms with Crippen LogP contribution in [0.3, 0.4) is 0 Å². The average Bonchev–Trinajstić information content (AvgIpc) is 2.83. The number of benzene rings is 2. The molecule has 0 radical (unpaired) electrons. The molecule has 0 fully saturated rings. The molecule has 0 aliphatic carbocycles. The van der Waals surface area contributed by atoms with Crippen molar-refractivity contribution in [3.63, 3.8) is 0 Å². The second-order valence-corrected chi connectivity index (χ2v) is 6.19. The van der Waals surface area contributed by atoms with Gasteiger partial charge in [0.1, 0.15) is 18.2 Å². The van der Waals surface area contributed by atoms with Crippen LogP contribution >= 0.6 is 23.4 Å². The number of hydrogen-bond acceptors (Lipinski definition) is 2. The van der Waals surface area contributed by atoms with Crippen molar-refractivity contribution in [3.8, 4) is 5.75 Å². The third-order valence-electron chi connectivity index (χ3n) is 3.04. The van der Waals surface area contributed by atoms with Crippen molar-refractivity contribution in [3.05, 3.63) is 58.9 Å². The van der Waals surface area contributed by atoms with Gasteiger partial charge in [0.25, 0.3) is 0 Å². The van der Waals surface area contributed by atoms with E-state index in [-0.39, 0.29) is 5.02 Å². The number of rotatable bonds is 3. The largest absolute Gasteiger partial charge is 0.492 e. The highest BCUT2D eigenvalue weighted by Gasteiger charge is 2.22. The quantitative estimate of drug-likeness (QED) is 0.820. The summed E-state index contributed by atoms with van der Waals surface area (Å²) in [5.41, 5.74) is 1.37. The first kappa shape index (κ1) is 12.8. The van der Waals surface area contributed by atoms with Crippen molar-refractivity contribution >= 4 is 23.4 Å². The highest BCUT2D eigenvalue weighted by Crippen LogP contribution is 2.37. The third kappa shape index (κ3) is 2.88. The number of halogens is 2. The van der Waals surface area contributed by atoms with Crippen LogP contribution in [0.25, 0.3) is 0 Å². The van der Waals surface area contributed by atoms with E-state index in [1.54, 1.807) is 6.07 Å². The van der Waals surface area contributed by atoms with Gasteiger partial charge >= 0.3 is 0 Å². The Morgan fingerprint density at radius 2 is 2.11 bits per heavy atom. The molecule has 0 spiro atoms. The van der Waals surface area contributed by atoms with E-state index >= 15 is 0 Å². The van der Waals surface area contributed by atoms with Gasteiger partial charge in [-0.1, -0.05) is 29.8 Å². The highest BCUT2D eigenvalue weighted by atomic mass is 35.5. The van der Waals surface area contributed by atoms with Crippen LogP contribution < -0.4 is 4.74 Å². The summed E-state index contributed by atoms with van der Waals surface area (Å²) >= 11 is 7.55. The van der Waals surface area contributed by atoms with Crippen LogP contribution in [0.5, 0.6) is 5.75 Å². The fourth-order valence-corrected chi connectivity index (χ4v) is 3.49. The second-order valence-electron chi connectivity index (χ2n) is 4.44. The lowest BCUT2D eigenvalue weighted by Crippen LogP contribution is -2.13. The van der Waals surface area contributed by atoms with E-state index in [1.165, 1.54) is 22.6 Å². The van der Waals surface area contributed by atoms with Gasteiger partial charge in [-0.05, 0) is 30.2 Å². The first-order valence-corrected chi connectivity index (χ1v) is 7.30. The lowest BCUT2D eigenvalue weighted by atomic mass is 10.1. The van der Waals surface area contributed by atoms with E-state index in [0.717, 1.165) is 6.42 Å². The van der Waals surface area contributed by atoms with Gasteiger partial charge in [0.15, 0.2) is 0 Å². The number of hydrogen-bond donors (Lipinski definition) is 0. The van der Waals surface area contributed by atoms with Crippen LogP contribution in [0.2, 0.25) is 5.02 Å². The van der Waals surface area contributed by atoms with Crippen LogP contribution in [-0.2, 0) is 6.42 Å². The molecule has 1 aliphatic heterocycles. The predicted octanol–water partition coefficient (Wildman–Crippen LogP) is 4.57. The highest BCUT2D eigenvalue weighted by molar-refractivity contribution is 8.00. The number of ether oxygens (including phenoxy) is 1. The van der Waals surface area contributed by atoms with Crippen LogP contribution in [0.4, 0.5) is 4.39 Å². The lowest BCUT2D eigenvalue weighted by molar-refractivity contribution is 0.317. The molecule has 1 atom stereocenters. The van der Waals surface area contributed by atoms with E-state index in [9.17, 15) is 4.39 Å². The smallest absolute Gasteiger partial charge is 0.142 e. The van der Waals surface area contributed by atoms with Crippen molar-refractivity contribution < 1.29 is 9.13 Å². The first-order chi connectivity index (χ1) is 9.22.